The lowest BCUT2D eigenvalue weighted by Crippen LogP contribution is -2.25. The summed E-state index contributed by atoms with van der Waals surface area (Å²) in [5, 5.41) is 2.85. The molecule has 0 spiro atoms. The van der Waals surface area contributed by atoms with E-state index in [2.05, 4.69) is 38.4 Å². The van der Waals surface area contributed by atoms with Gasteiger partial charge in [0, 0.05) is 30.0 Å². The molecular formula is C17H19BrN2O2. The summed E-state index contributed by atoms with van der Waals surface area (Å²) in [6, 6.07) is 12.0. The van der Waals surface area contributed by atoms with E-state index in [1.807, 2.05) is 18.2 Å². The molecule has 1 aromatic carbocycles. The molecule has 1 aromatic heterocycles. The Labute approximate surface area is 139 Å². The molecule has 0 bridgehead atoms. The van der Waals surface area contributed by atoms with E-state index in [0.29, 0.717) is 25.3 Å². The van der Waals surface area contributed by atoms with Gasteiger partial charge >= 0.3 is 0 Å². The number of hydrogen-bond acceptors (Lipinski definition) is 3. The number of rotatable bonds is 8. The van der Waals surface area contributed by atoms with Crippen LogP contribution in [0.5, 0.6) is 0 Å². The standard InChI is InChI=1S/C17H19BrN2O2/c18-16-11-15(12-19-13-16)17(21)20-8-4-9-22-10-7-14-5-2-1-3-6-14/h1-3,5-6,11-13H,4,7-10H2,(H,20,21). The average Bonchev–Trinajstić information content (AvgIpc) is 2.54. The molecule has 0 unspecified atom stereocenters. The second-order valence-corrected chi connectivity index (χ2v) is 5.76. The van der Waals surface area contributed by atoms with E-state index in [0.717, 1.165) is 17.3 Å². The number of nitrogens with zero attached hydrogens (tertiary/aromatic N) is 1. The molecule has 22 heavy (non-hydrogen) atoms. The van der Waals surface area contributed by atoms with E-state index in [4.69, 9.17) is 4.74 Å². The van der Waals surface area contributed by atoms with Crippen molar-refractivity contribution in [3.8, 4) is 0 Å². The zero-order chi connectivity index (χ0) is 15.6. The maximum Gasteiger partial charge on any atom is 0.252 e. The Hall–Kier alpha value is -1.72. The van der Waals surface area contributed by atoms with Gasteiger partial charge in [-0.25, -0.2) is 0 Å². The second kappa shape index (κ2) is 9.33. The third-order valence-electron chi connectivity index (χ3n) is 3.10. The molecule has 2 aromatic rings. The molecule has 4 nitrogen and oxygen atoms in total. The van der Waals surface area contributed by atoms with Gasteiger partial charge in [-0.15, -0.1) is 0 Å². The molecule has 1 N–H and O–H groups in total. The summed E-state index contributed by atoms with van der Waals surface area (Å²) in [6.07, 6.45) is 4.91. The predicted octanol–water partition coefficient (Wildman–Crippen LogP) is 3.22. The molecule has 1 amide bonds. The molecule has 0 radical (unpaired) electrons. The van der Waals surface area contributed by atoms with Gasteiger partial charge in [-0.1, -0.05) is 30.3 Å². The van der Waals surface area contributed by atoms with Gasteiger partial charge in [-0.3, -0.25) is 9.78 Å². The fourth-order valence-corrected chi connectivity index (χ4v) is 2.32. The van der Waals surface area contributed by atoms with Gasteiger partial charge in [-0.2, -0.15) is 0 Å². The second-order valence-electron chi connectivity index (χ2n) is 4.85. The zero-order valence-corrected chi connectivity index (χ0v) is 13.9. The summed E-state index contributed by atoms with van der Waals surface area (Å²) in [6.45, 7) is 1.94. The lowest BCUT2D eigenvalue weighted by molar-refractivity contribution is 0.0941. The van der Waals surface area contributed by atoms with Crippen molar-refractivity contribution in [3.05, 3.63) is 64.4 Å². The van der Waals surface area contributed by atoms with E-state index < -0.39 is 0 Å². The van der Waals surface area contributed by atoms with Crippen LogP contribution in [0.1, 0.15) is 22.3 Å². The normalized spacial score (nSPS) is 10.4. The monoisotopic (exact) mass is 362 g/mol. The zero-order valence-electron chi connectivity index (χ0n) is 12.3. The number of carbonyl (C=O) groups is 1. The number of aromatic nitrogens is 1. The molecule has 0 saturated heterocycles. The Morgan fingerprint density at radius 2 is 2.00 bits per heavy atom. The van der Waals surface area contributed by atoms with Crippen LogP contribution in [-0.2, 0) is 11.2 Å². The summed E-state index contributed by atoms with van der Waals surface area (Å²) < 4.78 is 6.37. The number of pyridine rings is 1. The summed E-state index contributed by atoms with van der Waals surface area (Å²) >= 11 is 3.30. The van der Waals surface area contributed by atoms with Gasteiger partial charge in [0.25, 0.3) is 5.91 Å². The average molecular weight is 363 g/mol. The molecule has 0 aliphatic rings. The van der Waals surface area contributed by atoms with Gasteiger partial charge in [0.2, 0.25) is 0 Å². The molecule has 5 heteroatoms. The molecular weight excluding hydrogens is 344 g/mol. The van der Waals surface area contributed by atoms with Gasteiger partial charge in [0.05, 0.1) is 12.2 Å². The molecule has 0 aliphatic heterocycles. The Morgan fingerprint density at radius 1 is 1.18 bits per heavy atom. The van der Waals surface area contributed by atoms with Crippen LogP contribution in [0, 0.1) is 0 Å². The minimum Gasteiger partial charge on any atom is -0.381 e. The summed E-state index contributed by atoms with van der Waals surface area (Å²) in [7, 11) is 0. The van der Waals surface area contributed by atoms with Crippen LogP contribution in [-0.4, -0.2) is 30.6 Å². The van der Waals surface area contributed by atoms with Crippen molar-refractivity contribution in [3.63, 3.8) is 0 Å². The van der Waals surface area contributed by atoms with Gasteiger partial charge < -0.3 is 10.1 Å². The quantitative estimate of drug-likeness (QED) is 0.733. The Kier molecular flexibility index (Phi) is 7.06. The number of benzene rings is 1. The van der Waals surface area contributed by atoms with E-state index in [1.165, 1.54) is 5.56 Å². The first-order chi connectivity index (χ1) is 10.8. The van der Waals surface area contributed by atoms with Crippen molar-refractivity contribution in [2.24, 2.45) is 0 Å². The molecule has 116 valence electrons. The fourth-order valence-electron chi connectivity index (χ4n) is 1.95. The molecule has 0 aliphatic carbocycles. The van der Waals surface area contributed by atoms with Crippen molar-refractivity contribution < 1.29 is 9.53 Å². The number of halogens is 1. The largest absolute Gasteiger partial charge is 0.381 e. The maximum absolute atomic E-state index is 11.9. The van der Waals surface area contributed by atoms with Gasteiger partial charge in [0.15, 0.2) is 0 Å². The van der Waals surface area contributed by atoms with Crippen LogP contribution < -0.4 is 5.32 Å². The Balaban J connectivity index is 1.55. The first-order valence-electron chi connectivity index (χ1n) is 7.26. The smallest absolute Gasteiger partial charge is 0.252 e. The van der Waals surface area contributed by atoms with Crippen LogP contribution >= 0.6 is 15.9 Å². The van der Waals surface area contributed by atoms with Crippen LogP contribution in [0.2, 0.25) is 0 Å². The topological polar surface area (TPSA) is 51.2 Å². The van der Waals surface area contributed by atoms with E-state index in [-0.39, 0.29) is 5.91 Å². The molecule has 1 heterocycles. The van der Waals surface area contributed by atoms with Crippen LogP contribution in [0.15, 0.2) is 53.3 Å². The molecule has 0 atom stereocenters. The lowest BCUT2D eigenvalue weighted by Gasteiger charge is -2.06. The van der Waals surface area contributed by atoms with E-state index >= 15 is 0 Å². The number of ether oxygens (including phenoxy) is 1. The minimum atomic E-state index is -0.113. The lowest BCUT2D eigenvalue weighted by atomic mass is 10.2. The third kappa shape index (κ3) is 5.95. The fraction of sp³-hybridized carbons (Fsp3) is 0.294. The van der Waals surface area contributed by atoms with E-state index in [9.17, 15) is 4.79 Å². The summed E-state index contributed by atoms with van der Waals surface area (Å²) in [5.41, 5.74) is 1.83. The van der Waals surface area contributed by atoms with Crippen molar-refractivity contribution in [1.29, 1.82) is 0 Å². The number of hydrogen-bond donors (Lipinski definition) is 1. The molecule has 0 fully saturated rings. The highest BCUT2D eigenvalue weighted by Crippen LogP contribution is 2.09. The van der Waals surface area contributed by atoms with Crippen molar-refractivity contribution in [2.45, 2.75) is 12.8 Å². The van der Waals surface area contributed by atoms with Crippen molar-refractivity contribution in [2.75, 3.05) is 19.8 Å². The first kappa shape index (κ1) is 16.6. The highest BCUT2D eigenvalue weighted by atomic mass is 79.9. The van der Waals surface area contributed by atoms with Crippen LogP contribution in [0.25, 0.3) is 0 Å². The minimum absolute atomic E-state index is 0.113. The highest BCUT2D eigenvalue weighted by Gasteiger charge is 2.05. The van der Waals surface area contributed by atoms with Crippen LogP contribution in [0.3, 0.4) is 0 Å². The summed E-state index contributed by atoms with van der Waals surface area (Å²) in [5.74, 6) is -0.113. The Morgan fingerprint density at radius 3 is 2.77 bits per heavy atom. The maximum atomic E-state index is 11.9. The van der Waals surface area contributed by atoms with Crippen LogP contribution in [0.4, 0.5) is 0 Å². The van der Waals surface area contributed by atoms with Crippen molar-refractivity contribution >= 4 is 21.8 Å². The number of amides is 1. The van der Waals surface area contributed by atoms with Gasteiger partial charge in [0.1, 0.15) is 0 Å². The summed E-state index contributed by atoms with van der Waals surface area (Å²) in [4.78, 5) is 15.8. The molecule has 2 rings (SSSR count). The third-order valence-corrected chi connectivity index (χ3v) is 3.53. The Bertz CT molecular complexity index is 590. The van der Waals surface area contributed by atoms with Crippen molar-refractivity contribution in [1.82, 2.24) is 10.3 Å². The first-order valence-corrected chi connectivity index (χ1v) is 8.05. The van der Waals surface area contributed by atoms with E-state index in [1.54, 1.807) is 18.5 Å². The van der Waals surface area contributed by atoms with Gasteiger partial charge in [-0.05, 0) is 40.4 Å². The SMILES string of the molecule is O=C(NCCCOCCc1ccccc1)c1cncc(Br)c1. The highest BCUT2D eigenvalue weighted by molar-refractivity contribution is 9.10. The number of nitrogens with one attached hydrogen (secondary N) is 1. The number of carbonyl (C=O) groups excluding carboxylic acids is 1. The molecule has 0 saturated carbocycles. The predicted molar refractivity (Wildman–Crippen MR) is 89.9 cm³/mol.